The maximum absolute atomic E-state index is 15.7. The van der Waals surface area contributed by atoms with Crippen molar-refractivity contribution >= 4 is 38.9 Å². The van der Waals surface area contributed by atoms with Gasteiger partial charge in [0.25, 0.3) is 0 Å². The molecule has 2 fully saturated rings. The Morgan fingerprint density at radius 3 is 3.00 bits per heavy atom. The lowest BCUT2D eigenvalue weighted by Crippen LogP contribution is -2.48. The molecule has 2 bridgehead atoms. The molecule has 1 saturated carbocycles. The van der Waals surface area contributed by atoms with Gasteiger partial charge in [0.15, 0.2) is 11.6 Å². The van der Waals surface area contributed by atoms with E-state index in [1.54, 1.807) is 9.78 Å². The van der Waals surface area contributed by atoms with Gasteiger partial charge in [-0.2, -0.15) is 0 Å². The number of halogens is 1. The van der Waals surface area contributed by atoms with Crippen LogP contribution in [0.1, 0.15) is 18.5 Å². The molecular formula is C24H22FN3O5S. The van der Waals surface area contributed by atoms with Gasteiger partial charge in [-0.1, -0.05) is 12.2 Å². The Balaban J connectivity index is 1.43. The second kappa shape index (κ2) is 6.73. The van der Waals surface area contributed by atoms with E-state index in [0.29, 0.717) is 59.2 Å². The molecule has 0 radical (unpaired) electrons. The van der Waals surface area contributed by atoms with Gasteiger partial charge >= 0.3 is 6.16 Å². The number of anilines is 1. The number of ether oxygens (including phenoxy) is 2. The van der Waals surface area contributed by atoms with Crippen LogP contribution in [-0.2, 0) is 6.61 Å². The zero-order valence-corrected chi connectivity index (χ0v) is 18.9. The summed E-state index contributed by atoms with van der Waals surface area (Å²) in [5.41, 5.74) is 7.11. The van der Waals surface area contributed by atoms with Crippen LogP contribution in [0.2, 0.25) is 0 Å². The van der Waals surface area contributed by atoms with Crippen LogP contribution in [0.15, 0.2) is 28.4 Å². The van der Waals surface area contributed by atoms with Crippen molar-refractivity contribution in [2.75, 3.05) is 24.5 Å². The highest BCUT2D eigenvalue weighted by atomic mass is 32.1. The number of carboxylic acid groups (broad SMARTS) is 1. The first-order valence-corrected chi connectivity index (χ1v) is 12.3. The maximum atomic E-state index is 15.7. The van der Waals surface area contributed by atoms with E-state index >= 15 is 4.39 Å². The standard InChI is InChI=1S/C24H22FN3O5S/c25-16-5-13-17-20(32-8-12-9-34-22(28(12)17)21(19(13)29)33-23(30)31)18(16)27-6-14-11-1-3-24(10-26,4-2-11)15(14)7-27/h1,3,5,9,11,14-15H,2,4,6-8,10,26H2,(H,30,31). The topological polar surface area (TPSA) is 106 Å². The lowest BCUT2D eigenvalue weighted by Gasteiger charge is -2.49. The monoisotopic (exact) mass is 483 g/mol. The average Bonchev–Trinajstić information content (AvgIpc) is 3.47. The van der Waals surface area contributed by atoms with Crippen LogP contribution < -0.4 is 25.5 Å². The molecule has 5 aliphatic rings. The summed E-state index contributed by atoms with van der Waals surface area (Å²) in [5, 5.41) is 11.0. The predicted octanol–water partition coefficient (Wildman–Crippen LogP) is 3.58. The van der Waals surface area contributed by atoms with E-state index in [1.165, 1.54) is 17.4 Å². The molecule has 8 nitrogen and oxygen atoms in total. The summed E-state index contributed by atoms with van der Waals surface area (Å²) < 4.78 is 28.4. The Kier molecular flexibility index (Phi) is 4.01. The Morgan fingerprint density at radius 1 is 1.41 bits per heavy atom. The third kappa shape index (κ3) is 2.44. The van der Waals surface area contributed by atoms with Gasteiger partial charge in [-0.25, -0.2) is 9.18 Å². The van der Waals surface area contributed by atoms with E-state index in [2.05, 4.69) is 17.1 Å². The molecule has 4 heterocycles. The molecule has 1 saturated heterocycles. The molecule has 34 heavy (non-hydrogen) atoms. The number of rotatable bonds is 3. The van der Waals surface area contributed by atoms with Crippen LogP contribution in [0.4, 0.5) is 14.9 Å². The zero-order valence-electron chi connectivity index (χ0n) is 18.1. The quantitative estimate of drug-likeness (QED) is 0.433. The SMILES string of the molecule is NCC12C=CC(CC1)C1CN(c3c(F)cc4c(=O)c(OC(=O)O)c5scc6n5c4c3OC6)CC12. The second-order valence-electron chi connectivity index (χ2n) is 9.79. The molecule has 0 amide bonds. The Morgan fingerprint density at radius 2 is 2.26 bits per heavy atom. The summed E-state index contributed by atoms with van der Waals surface area (Å²) >= 11 is 1.20. The third-order valence-corrected chi connectivity index (χ3v) is 9.35. The van der Waals surface area contributed by atoms with Gasteiger partial charge in [-0.15, -0.1) is 11.3 Å². The number of thiazole rings is 1. The van der Waals surface area contributed by atoms with Crippen LogP contribution in [0.5, 0.6) is 11.5 Å². The lowest BCUT2D eigenvalue weighted by atomic mass is 9.55. The second-order valence-corrected chi connectivity index (χ2v) is 10.6. The molecule has 1 aromatic carbocycles. The summed E-state index contributed by atoms with van der Waals surface area (Å²) in [6.07, 6.45) is 5.16. The Labute approximate surface area is 197 Å². The van der Waals surface area contributed by atoms with Crippen LogP contribution in [0.25, 0.3) is 15.7 Å². The molecule has 4 unspecified atom stereocenters. The molecular weight excluding hydrogens is 461 g/mol. The van der Waals surface area contributed by atoms with E-state index < -0.39 is 17.4 Å². The summed E-state index contributed by atoms with van der Waals surface area (Å²) in [7, 11) is 0. The molecule has 10 heteroatoms. The van der Waals surface area contributed by atoms with Crippen molar-refractivity contribution in [3.63, 3.8) is 0 Å². The number of hydrogen-bond donors (Lipinski definition) is 2. The molecule has 3 N–H and O–H groups in total. The molecule has 0 spiro atoms. The van der Waals surface area contributed by atoms with Gasteiger partial charge in [0, 0.05) is 30.4 Å². The van der Waals surface area contributed by atoms with Crippen LogP contribution in [0.3, 0.4) is 0 Å². The first kappa shape index (κ1) is 20.3. The van der Waals surface area contributed by atoms with Crippen LogP contribution in [-0.4, -0.2) is 35.3 Å². The van der Waals surface area contributed by atoms with Gasteiger partial charge in [0.1, 0.15) is 22.6 Å². The molecule has 176 valence electrons. The highest BCUT2D eigenvalue weighted by molar-refractivity contribution is 7.16. The molecule has 3 aliphatic carbocycles. The molecule has 3 aromatic rings. The minimum absolute atomic E-state index is 0.0427. The summed E-state index contributed by atoms with van der Waals surface area (Å²) in [4.78, 5) is 26.8. The number of aromatic nitrogens is 1. The zero-order chi connectivity index (χ0) is 23.4. The third-order valence-electron chi connectivity index (χ3n) is 8.37. The Hall–Kier alpha value is -3.11. The first-order chi connectivity index (χ1) is 16.4. The molecule has 4 atom stereocenters. The van der Waals surface area contributed by atoms with Crippen molar-refractivity contribution in [2.24, 2.45) is 28.9 Å². The lowest BCUT2D eigenvalue weighted by molar-refractivity contribution is 0.0798. The fraction of sp³-hybridized carbons (Fsp3) is 0.417. The first-order valence-electron chi connectivity index (χ1n) is 11.4. The normalized spacial score (nSPS) is 28.6. The van der Waals surface area contributed by atoms with Crippen molar-refractivity contribution in [3.05, 3.63) is 45.3 Å². The number of fused-ring (bicyclic) bond motifs is 1. The van der Waals surface area contributed by atoms with E-state index in [4.69, 9.17) is 20.3 Å². The summed E-state index contributed by atoms with van der Waals surface area (Å²) in [6.45, 7) is 2.15. The van der Waals surface area contributed by atoms with Crippen LogP contribution in [0, 0.1) is 29.0 Å². The predicted molar refractivity (Wildman–Crippen MR) is 125 cm³/mol. The number of nitrogens with zero attached hydrogens (tertiary/aromatic N) is 2. The van der Waals surface area contributed by atoms with Crippen LogP contribution >= 0.6 is 11.3 Å². The number of carbonyl (C=O) groups is 1. The minimum Gasteiger partial charge on any atom is -0.483 e. The summed E-state index contributed by atoms with van der Waals surface area (Å²) in [5.74, 6) is 0.682. The number of pyridine rings is 1. The minimum atomic E-state index is -1.59. The van der Waals surface area contributed by atoms with Crippen molar-refractivity contribution < 1.29 is 23.8 Å². The smallest absolute Gasteiger partial charge is 0.483 e. The fourth-order valence-corrected chi connectivity index (χ4v) is 7.78. The molecule has 8 rings (SSSR count). The van der Waals surface area contributed by atoms with Gasteiger partial charge in [0.05, 0.1) is 11.1 Å². The van der Waals surface area contributed by atoms with E-state index in [0.717, 1.165) is 18.5 Å². The van der Waals surface area contributed by atoms with E-state index in [9.17, 15) is 9.59 Å². The maximum Gasteiger partial charge on any atom is 0.511 e. The van der Waals surface area contributed by atoms with E-state index in [-0.39, 0.29) is 23.2 Å². The fourth-order valence-electron chi connectivity index (χ4n) is 6.81. The van der Waals surface area contributed by atoms with Gasteiger partial charge < -0.3 is 25.2 Å². The van der Waals surface area contributed by atoms with Crippen molar-refractivity contribution in [1.82, 2.24) is 4.40 Å². The number of allylic oxidation sites excluding steroid dienone is 1. The largest absolute Gasteiger partial charge is 0.511 e. The average molecular weight is 484 g/mol. The Bertz CT molecular complexity index is 1500. The van der Waals surface area contributed by atoms with Gasteiger partial charge in [-0.05, 0) is 36.7 Å². The van der Waals surface area contributed by atoms with Gasteiger partial charge in [-0.3, -0.25) is 9.20 Å². The van der Waals surface area contributed by atoms with Crippen molar-refractivity contribution in [1.29, 1.82) is 0 Å². The number of benzene rings is 1. The van der Waals surface area contributed by atoms with Crippen molar-refractivity contribution in [3.8, 4) is 11.5 Å². The molecule has 2 aromatic heterocycles. The van der Waals surface area contributed by atoms with Crippen molar-refractivity contribution in [2.45, 2.75) is 19.4 Å². The number of hydrogen-bond acceptors (Lipinski definition) is 7. The highest BCUT2D eigenvalue weighted by Crippen LogP contribution is 2.57. The number of nitrogens with two attached hydrogens (primary N) is 1. The molecule has 2 aliphatic heterocycles. The highest BCUT2D eigenvalue weighted by Gasteiger charge is 2.54. The summed E-state index contributed by atoms with van der Waals surface area (Å²) in [6, 6.07) is 1.20. The van der Waals surface area contributed by atoms with E-state index in [1.807, 2.05) is 0 Å². The van der Waals surface area contributed by atoms with Gasteiger partial charge in [0.2, 0.25) is 11.2 Å².